The van der Waals surface area contributed by atoms with Crippen LogP contribution in [-0.4, -0.2) is 0 Å². The van der Waals surface area contributed by atoms with Crippen LogP contribution >= 0.6 is 162 Å². The minimum atomic E-state index is -0.134. The van der Waals surface area contributed by atoms with E-state index in [-0.39, 0.29) is 92.9 Å². The molecule has 3 aromatic carbocycles. The minimum Gasteiger partial charge on any atom is -0.0824 e. The van der Waals surface area contributed by atoms with Crippen LogP contribution in [0.3, 0.4) is 0 Å². The summed E-state index contributed by atoms with van der Waals surface area (Å²) in [6, 6.07) is 0. The monoisotopic (exact) mass is 733 g/mol. The first-order valence-corrected chi connectivity index (χ1v) is 13.7. The zero-order valence-corrected chi connectivity index (χ0v) is 26.4. The van der Waals surface area contributed by atoms with Crippen molar-refractivity contribution in [2.24, 2.45) is 0 Å². The van der Waals surface area contributed by atoms with E-state index >= 15 is 0 Å². The Morgan fingerprint density at radius 1 is 0.294 bits per heavy atom. The lowest BCUT2D eigenvalue weighted by atomic mass is 9.84. The Morgan fingerprint density at radius 3 is 0.706 bits per heavy atom. The second-order valence-electron chi connectivity index (χ2n) is 6.52. The maximum Gasteiger partial charge on any atom is 0.0809 e. The zero-order chi connectivity index (χ0) is 26.0. The maximum atomic E-state index is 6.65. The molecule has 0 nitrogen and oxygen atoms in total. The lowest BCUT2D eigenvalue weighted by molar-refractivity contribution is 1.22. The van der Waals surface area contributed by atoms with Crippen molar-refractivity contribution in [2.75, 3.05) is 0 Å². The van der Waals surface area contributed by atoms with Crippen molar-refractivity contribution < 1.29 is 0 Å². The molecule has 181 valence electrons. The maximum absolute atomic E-state index is 6.65. The van der Waals surface area contributed by atoms with Crippen LogP contribution in [-0.2, 0) is 0 Å². The normalized spacial score (nSPS) is 11.6. The van der Waals surface area contributed by atoms with E-state index in [1.165, 1.54) is 0 Å². The number of halogens is 14. The summed E-state index contributed by atoms with van der Waals surface area (Å²) in [5.41, 5.74) is 0.456. The highest BCUT2D eigenvalue weighted by Crippen LogP contribution is 2.57. The fourth-order valence-corrected chi connectivity index (χ4v) is 6.78. The highest BCUT2D eigenvalue weighted by Gasteiger charge is 2.37. The molecule has 0 aliphatic carbocycles. The third kappa shape index (κ3) is 4.91. The molecule has 0 heterocycles. The van der Waals surface area contributed by atoms with Crippen LogP contribution in [0.1, 0.15) is 22.3 Å². The van der Waals surface area contributed by atoms with Crippen molar-refractivity contribution in [3.63, 3.8) is 0 Å². The van der Waals surface area contributed by atoms with Gasteiger partial charge in [-0.3, -0.25) is 0 Å². The first-order chi connectivity index (χ1) is 15.7. The van der Waals surface area contributed by atoms with Gasteiger partial charge in [0.25, 0.3) is 0 Å². The van der Waals surface area contributed by atoms with Crippen molar-refractivity contribution in [1.29, 1.82) is 0 Å². The molecule has 34 heavy (non-hydrogen) atoms. The molecule has 0 aliphatic rings. The van der Waals surface area contributed by atoms with Crippen LogP contribution in [0.5, 0.6) is 0 Å². The molecule has 14 heteroatoms. The van der Waals surface area contributed by atoms with E-state index in [0.717, 1.165) is 0 Å². The SMILES string of the molecule is Cc1c(Cl)c(Cl)c([C](c2c(Cl)c(Cl)c(Cl)c(Cl)c2Cl)c2c(Cl)c(Cl)c(Cl)c(Cl)c2Cl)c(Cl)c1Cl. The molecule has 0 spiro atoms. The van der Waals surface area contributed by atoms with Crippen molar-refractivity contribution in [3.8, 4) is 0 Å². The zero-order valence-electron chi connectivity index (χ0n) is 15.8. The van der Waals surface area contributed by atoms with Gasteiger partial charge < -0.3 is 0 Å². The molecule has 3 aromatic rings. The smallest absolute Gasteiger partial charge is 0.0809 e. The van der Waals surface area contributed by atoms with Gasteiger partial charge in [0.2, 0.25) is 0 Å². The predicted octanol–water partition coefficient (Wildman–Crippen LogP) is 14.2. The van der Waals surface area contributed by atoms with Crippen molar-refractivity contribution in [1.82, 2.24) is 0 Å². The summed E-state index contributed by atoms with van der Waals surface area (Å²) in [5, 5.41) is -1.13. The summed E-state index contributed by atoms with van der Waals surface area (Å²) in [6.45, 7) is 1.62. The standard InChI is InChI=1S/C20H3Cl14/c1-2-7(21)9(23)4(10(24)8(2)22)3(5-11(25)15(29)19(33)16(30)12(5)26)6-13(27)17(31)20(34)18(32)14(6)28/h1H3. The molecular weight excluding hydrogens is 737 g/mol. The van der Waals surface area contributed by atoms with E-state index in [9.17, 15) is 0 Å². The fourth-order valence-electron chi connectivity index (χ4n) is 2.98. The summed E-state index contributed by atoms with van der Waals surface area (Å²) in [7, 11) is 0. The molecule has 0 atom stereocenters. The van der Waals surface area contributed by atoms with Gasteiger partial charge in [0.1, 0.15) is 0 Å². The van der Waals surface area contributed by atoms with Crippen molar-refractivity contribution >= 4 is 162 Å². The van der Waals surface area contributed by atoms with E-state index < -0.39 is 0 Å². The predicted molar refractivity (Wildman–Crippen MR) is 155 cm³/mol. The second kappa shape index (κ2) is 11.4. The molecule has 1 radical (unpaired) electrons. The minimum absolute atomic E-state index is 0.000718. The lowest BCUT2D eigenvalue weighted by Gasteiger charge is -2.27. The van der Waals surface area contributed by atoms with Crippen LogP contribution in [0, 0.1) is 12.8 Å². The van der Waals surface area contributed by atoms with Crippen LogP contribution in [0.15, 0.2) is 0 Å². The number of benzene rings is 3. The third-order valence-electron chi connectivity index (χ3n) is 4.65. The molecular formula is C20H3Cl14. The van der Waals surface area contributed by atoms with E-state index in [4.69, 9.17) is 162 Å². The molecule has 0 saturated carbocycles. The fraction of sp³-hybridized carbons (Fsp3) is 0.0500. The van der Waals surface area contributed by atoms with E-state index in [1.54, 1.807) is 6.92 Å². The summed E-state index contributed by atoms with van der Waals surface area (Å²) in [4.78, 5) is 0. The largest absolute Gasteiger partial charge is 0.0824 e. The second-order valence-corrected chi connectivity index (χ2v) is 11.8. The van der Waals surface area contributed by atoms with Crippen LogP contribution in [0.4, 0.5) is 0 Å². The first-order valence-electron chi connectivity index (χ1n) is 8.40. The van der Waals surface area contributed by atoms with E-state index in [0.29, 0.717) is 5.56 Å². The lowest BCUT2D eigenvalue weighted by Crippen LogP contribution is -2.12. The Balaban J connectivity index is 2.68. The van der Waals surface area contributed by atoms with Crippen molar-refractivity contribution in [3.05, 3.63) is 98.5 Å². The molecule has 0 unspecified atom stereocenters. The van der Waals surface area contributed by atoms with Gasteiger partial charge in [-0.25, -0.2) is 0 Å². The average molecular weight is 740 g/mol. The van der Waals surface area contributed by atoms with Gasteiger partial charge in [0.05, 0.1) is 76.2 Å². The average Bonchev–Trinajstić information content (AvgIpc) is 2.81. The highest BCUT2D eigenvalue weighted by molar-refractivity contribution is 6.57. The van der Waals surface area contributed by atoms with Gasteiger partial charge in [-0.05, 0) is 12.5 Å². The first kappa shape index (κ1) is 30.3. The Morgan fingerprint density at radius 2 is 0.471 bits per heavy atom. The Kier molecular flexibility index (Phi) is 10.2. The van der Waals surface area contributed by atoms with Gasteiger partial charge in [-0.1, -0.05) is 162 Å². The quantitative estimate of drug-likeness (QED) is 0.143. The number of rotatable bonds is 3. The van der Waals surface area contributed by atoms with Gasteiger partial charge in [0.15, 0.2) is 0 Å². The molecule has 0 aromatic heterocycles. The summed E-state index contributed by atoms with van der Waals surface area (Å²) < 4.78 is 0. The summed E-state index contributed by atoms with van der Waals surface area (Å²) >= 11 is 90.3. The Labute approximate surface area is 265 Å². The molecule has 0 saturated heterocycles. The number of hydrogen-bond acceptors (Lipinski definition) is 0. The van der Waals surface area contributed by atoms with Crippen LogP contribution in [0.25, 0.3) is 0 Å². The Hall–Kier alpha value is 1.72. The third-order valence-corrected chi connectivity index (χ3v) is 11.1. The Bertz CT molecular complexity index is 1110. The molecule has 0 fully saturated rings. The summed E-state index contributed by atoms with van der Waals surface area (Å²) in [5.74, 6) is 0.0183. The molecule has 0 aliphatic heterocycles. The molecule has 0 N–H and O–H groups in total. The van der Waals surface area contributed by atoms with E-state index in [2.05, 4.69) is 0 Å². The molecule has 0 bridgehead atoms. The van der Waals surface area contributed by atoms with Gasteiger partial charge in [0, 0.05) is 16.7 Å². The van der Waals surface area contributed by atoms with Crippen LogP contribution < -0.4 is 0 Å². The summed E-state index contributed by atoms with van der Waals surface area (Å²) in [6.07, 6.45) is 0. The van der Waals surface area contributed by atoms with Gasteiger partial charge in [-0.15, -0.1) is 0 Å². The van der Waals surface area contributed by atoms with Gasteiger partial charge >= 0.3 is 0 Å². The van der Waals surface area contributed by atoms with Crippen LogP contribution in [0.2, 0.25) is 70.3 Å². The van der Waals surface area contributed by atoms with Crippen molar-refractivity contribution in [2.45, 2.75) is 6.92 Å². The molecule has 3 rings (SSSR count). The highest BCUT2D eigenvalue weighted by atomic mass is 35.5. The van der Waals surface area contributed by atoms with Gasteiger partial charge in [-0.2, -0.15) is 0 Å². The number of hydrogen-bond donors (Lipinski definition) is 0. The molecule has 0 amide bonds. The van der Waals surface area contributed by atoms with E-state index in [1.807, 2.05) is 0 Å². The topological polar surface area (TPSA) is 0 Å².